The number of nitrogens with zero attached hydrogens (tertiary/aromatic N) is 2. The van der Waals surface area contributed by atoms with Crippen LogP contribution in [-0.2, 0) is 22.8 Å². The SMILES string of the molecule is CCNC(=NCc1ncc(C(C)(C)C)o1)NCCS(=O)c1ccccc1. The van der Waals surface area contributed by atoms with Gasteiger partial charge in [-0.1, -0.05) is 39.0 Å². The van der Waals surface area contributed by atoms with Crippen molar-refractivity contribution in [3.8, 4) is 0 Å². The number of oxazole rings is 1. The summed E-state index contributed by atoms with van der Waals surface area (Å²) in [4.78, 5) is 9.61. The molecule has 6 nitrogen and oxygen atoms in total. The molecule has 0 aliphatic rings. The maximum absolute atomic E-state index is 12.2. The summed E-state index contributed by atoms with van der Waals surface area (Å²) >= 11 is 0. The zero-order valence-electron chi connectivity index (χ0n) is 15.9. The van der Waals surface area contributed by atoms with E-state index in [9.17, 15) is 4.21 Å². The van der Waals surface area contributed by atoms with E-state index in [0.717, 1.165) is 17.2 Å². The summed E-state index contributed by atoms with van der Waals surface area (Å²) < 4.78 is 18.0. The molecule has 1 aromatic carbocycles. The van der Waals surface area contributed by atoms with Gasteiger partial charge in [0.05, 0.1) is 17.0 Å². The highest BCUT2D eigenvalue weighted by molar-refractivity contribution is 7.85. The highest BCUT2D eigenvalue weighted by Gasteiger charge is 2.19. The van der Waals surface area contributed by atoms with E-state index in [-0.39, 0.29) is 5.41 Å². The second-order valence-corrected chi connectivity index (χ2v) is 8.42. The van der Waals surface area contributed by atoms with Crippen molar-refractivity contribution >= 4 is 16.8 Å². The molecule has 0 bridgehead atoms. The van der Waals surface area contributed by atoms with Crippen molar-refractivity contribution in [3.63, 3.8) is 0 Å². The van der Waals surface area contributed by atoms with Crippen molar-refractivity contribution in [2.24, 2.45) is 4.99 Å². The highest BCUT2D eigenvalue weighted by atomic mass is 32.2. The number of guanidine groups is 1. The average Bonchev–Trinajstić information content (AvgIpc) is 3.10. The quantitative estimate of drug-likeness (QED) is 0.574. The van der Waals surface area contributed by atoms with Crippen LogP contribution in [0.3, 0.4) is 0 Å². The van der Waals surface area contributed by atoms with Crippen LogP contribution in [0.1, 0.15) is 39.3 Å². The second kappa shape index (κ2) is 9.52. The Morgan fingerprint density at radius 1 is 1.23 bits per heavy atom. The molecule has 7 heteroatoms. The topological polar surface area (TPSA) is 79.5 Å². The number of nitrogens with one attached hydrogen (secondary N) is 2. The lowest BCUT2D eigenvalue weighted by Gasteiger charge is -2.13. The minimum absolute atomic E-state index is 0.0702. The van der Waals surface area contributed by atoms with Gasteiger partial charge in [-0.15, -0.1) is 0 Å². The molecule has 1 unspecified atom stereocenters. The van der Waals surface area contributed by atoms with E-state index >= 15 is 0 Å². The predicted octanol–water partition coefficient (Wildman–Crippen LogP) is 2.84. The van der Waals surface area contributed by atoms with Crippen LogP contribution in [-0.4, -0.2) is 34.0 Å². The highest BCUT2D eigenvalue weighted by Crippen LogP contribution is 2.22. The van der Waals surface area contributed by atoms with Gasteiger partial charge in [-0.3, -0.25) is 4.21 Å². The van der Waals surface area contributed by atoms with Crippen LogP contribution in [0.5, 0.6) is 0 Å². The molecule has 1 heterocycles. The zero-order chi connectivity index (χ0) is 19.0. The molecule has 0 radical (unpaired) electrons. The minimum Gasteiger partial charge on any atom is -0.443 e. The number of aliphatic imine (C=N–C) groups is 1. The summed E-state index contributed by atoms with van der Waals surface area (Å²) in [7, 11) is -1.03. The molecule has 2 rings (SSSR count). The maximum atomic E-state index is 12.2. The Kier molecular flexibility index (Phi) is 7.38. The first-order valence-electron chi connectivity index (χ1n) is 8.81. The molecule has 0 aliphatic carbocycles. The summed E-state index contributed by atoms with van der Waals surface area (Å²) in [6.07, 6.45) is 1.76. The standard InChI is InChI=1S/C19H28N4O2S/c1-5-20-18(21-11-12-26(24)15-9-7-6-8-10-15)23-14-17-22-13-16(25-17)19(2,3)4/h6-10,13H,5,11-12,14H2,1-4H3,(H2,20,21,23). The maximum Gasteiger partial charge on any atom is 0.216 e. The summed E-state index contributed by atoms with van der Waals surface area (Å²) in [5.74, 6) is 2.61. The van der Waals surface area contributed by atoms with Crippen molar-refractivity contribution in [1.29, 1.82) is 0 Å². The number of hydrogen-bond acceptors (Lipinski definition) is 4. The molecule has 2 N–H and O–H groups in total. The fourth-order valence-corrected chi connectivity index (χ4v) is 3.15. The molecule has 0 saturated carbocycles. The first kappa shape index (κ1) is 20.2. The molecule has 0 amide bonds. The molecular weight excluding hydrogens is 348 g/mol. The molecule has 0 saturated heterocycles. The van der Waals surface area contributed by atoms with Gasteiger partial charge in [-0.05, 0) is 19.1 Å². The fraction of sp³-hybridized carbons (Fsp3) is 0.474. The van der Waals surface area contributed by atoms with E-state index in [4.69, 9.17) is 4.42 Å². The molecule has 0 aliphatic heterocycles. The summed E-state index contributed by atoms with van der Waals surface area (Å²) in [5, 5.41) is 6.38. The lowest BCUT2D eigenvalue weighted by Crippen LogP contribution is -2.39. The van der Waals surface area contributed by atoms with E-state index in [2.05, 4.69) is 41.4 Å². The number of aromatic nitrogens is 1. The van der Waals surface area contributed by atoms with Gasteiger partial charge < -0.3 is 15.1 Å². The zero-order valence-corrected chi connectivity index (χ0v) is 16.7. The molecule has 142 valence electrons. The monoisotopic (exact) mass is 376 g/mol. The summed E-state index contributed by atoms with van der Waals surface area (Å²) in [5.41, 5.74) is -0.0702. The Balaban J connectivity index is 1.88. The van der Waals surface area contributed by atoms with Crippen molar-refractivity contribution in [3.05, 3.63) is 48.2 Å². The van der Waals surface area contributed by atoms with Crippen LogP contribution in [0, 0.1) is 0 Å². The largest absolute Gasteiger partial charge is 0.443 e. The van der Waals surface area contributed by atoms with Gasteiger partial charge in [0.25, 0.3) is 0 Å². The van der Waals surface area contributed by atoms with E-state index in [0.29, 0.717) is 30.7 Å². The first-order chi connectivity index (χ1) is 12.4. The van der Waals surface area contributed by atoms with Gasteiger partial charge in [-0.25, -0.2) is 9.98 Å². The third-order valence-corrected chi connectivity index (χ3v) is 4.97. The Morgan fingerprint density at radius 2 is 1.96 bits per heavy atom. The van der Waals surface area contributed by atoms with Gasteiger partial charge in [0, 0.05) is 29.2 Å². The third kappa shape index (κ3) is 6.29. The molecule has 0 spiro atoms. The third-order valence-electron chi connectivity index (χ3n) is 3.60. The minimum atomic E-state index is -1.03. The van der Waals surface area contributed by atoms with E-state index in [1.165, 1.54) is 0 Å². The molecule has 1 aromatic heterocycles. The second-order valence-electron chi connectivity index (χ2n) is 6.85. The molecule has 0 fully saturated rings. The smallest absolute Gasteiger partial charge is 0.216 e. The Bertz CT molecular complexity index is 735. The number of benzene rings is 1. The molecule has 2 aromatic rings. The number of hydrogen-bond donors (Lipinski definition) is 2. The van der Waals surface area contributed by atoms with Gasteiger partial charge in [0.2, 0.25) is 5.89 Å². The van der Waals surface area contributed by atoms with Crippen LogP contribution in [0.4, 0.5) is 0 Å². The number of rotatable bonds is 7. The van der Waals surface area contributed by atoms with E-state index < -0.39 is 10.8 Å². The lowest BCUT2D eigenvalue weighted by atomic mass is 9.94. The van der Waals surface area contributed by atoms with Crippen molar-refractivity contribution < 1.29 is 8.63 Å². The average molecular weight is 377 g/mol. The van der Waals surface area contributed by atoms with Crippen LogP contribution in [0.15, 0.2) is 50.8 Å². The Labute approximate surface area is 158 Å². The Morgan fingerprint density at radius 3 is 2.58 bits per heavy atom. The van der Waals surface area contributed by atoms with E-state index in [1.807, 2.05) is 37.3 Å². The van der Waals surface area contributed by atoms with Crippen LogP contribution in [0.25, 0.3) is 0 Å². The van der Waals surface area contributed by atoms with E-state index in [1.54, 1.807) is 6.20 Å². The Hall–Kier alpha value is -2.15. The van der Waals surface area contributed by atoms with Crippen LogP contribution < -0.4 is 10.6 Å². The lowest BCUT2D eigenvalue weighted by molar-refractivity contribution is 0.383. The molecule has 26 heavy (non-hydrogen) atoms. The molecular formula is C19H28N4O2S. The van der Waals surface area contributed by atoms with Crippen molar-refractivity contribution in [1.82, 2.24) is 15.6 Å². The summed E-state index contributed by atoms with van der Waals surface area (Å²) in [6, 6.07) is 9.47. The van der Waals surface area contributed by atoms with Crippen LogP contribution in [0.2, 0.25) is 0 Å². The van der Waals surface area contributed by atoms with Crippen LogP contribution >= 0.6 is 0 Å². The van der Waals surface area contributed by atoms with Gasteiger partial charge in [0.1, 0.15) is 12.3 Å². The molecule has 1 atom stereocenters. The fourth-order valence-electron chi connectivity index (χ4n) is 2.17. The normalized spacial score (nSPS) is 13.5. The van der Waals surface area contributed by atoms with Gasteiger partial charge >= 0.3 is 0 Å². The van der Waals surface area contributed by atoms with Crippen molar-refractivity contribution in [2.45, 2.75) is 44.6 Å². The predicted molar refractivity (Wildman–Crippen MR) is 106 cm³/mol. The summed E-state index contributed by atoms with van der Waals surface area (Å²) in [6.45, 7) is 9.91. The van der Waals surface area contributed by atoms with Gasteiger partial charge in [-0.2, -0.15) is 0 Å². The first-order valence-corrected chi connectivity index (χ1v) is 10.1. The van der Waals surface area contributed by atoms with Gasteiger partial charge in [0.15, 0.2) is 5.96 Å². The van der Waals surface area contributed by atoms with Crippen molar-refractivity contribution in [2.75, 3.05) is 18.8 Å².